The van der Waals surface area contributed by atoms with Gasteiger partial charge in [0.15, 0.2) is 0 Å². The zero-order valence-electron chi connectivity index (χ0n) is 18.7. The SMILES string of the molecule is C.Cc1nc(N)ccc1Br.Cc1nc(N)ccc1C#N.Cc1nc(N)ccc1CN.Cl.Cl.[C-]#N.[Cu+]. The maximum absolute atomic E-state index is 8.48. The van der Waals surface area contributed by atoms with Gasteiger partial charge in [0, 0.05) is 16.7 Å². The van der Waals surface area contributed by atoms with E-state index in [1.165, 1.54) is 0 Å². The smallest absolute Gasteiger partial charge is 0.512 e. The third-order valence-corrected chi connectivity index (χ3v) is 4.55. The van der Waals surface area contributed by atoms with Gasteiger partial charge in [0.05, 0.1) is 17.0 Å². The van der Waals surface area contributed by atoms with E-state index in [9.17, 15) is 0 Å². The van der Waals surface area contributed by atoms with Gasteiger partial charge in [0.25, 0.3) is 0 Å². The Morgan fingerprint density at radius 2 is 1.20 bits per heavy atom. The maximum Gasteiger partial charge on any atom is 1.00 e. The number of hydrogen-bond acceptors (Lipinski definition) is 9. The Labute approximate surface area is 239 Å². The summed E-state index contributed by atoms with van der Waals surface area (Å²) in [6, 6.07) is 12.6. The molecule has 0 aliphatic carbocycles. The van der Waals surface area contributed by atoms with Crippen LogP contribution in [0.15, 0.2) is 40.9 Å². The second kappa shape index (κ2) is 23.1. The van der Waals surface area contributed by atoms with Crippen molar-refractivity contribution in [2.45, 2.75) is 34.7 Å². The Bertz CT molecular complexity index is 1060. The number of pyridine rings is 3. The van der Waals surface area contributed by atoms with Gasteiger partial charge in [-0.2, -0.15) is 5.26 Å². The van der Waals surface area contributed by atoms with Gasteiger partial charge in [0.2, 0.25) is 0 Å². The summed E-state index contributed by atoms with van der Waals surface area (Å²) in [6.45, 7) is 10.8. The molecular weight excluding hydrogens is 605 g/mol. The van der Waals surface area contributed by atoms with Crippen LogP contribution in [0.4, 0.5) is 17.5 Å². The molecule has 0 aromatic carbocycles. The molecule has 13 heteroatoms. The minimum Gasteiger partial charge on any atom is -0.512 e. The van der Waals surface area contributed by atoms with E-state index in [4.69, 9.17) is 40.0 Å². The van der Waals surface area contributed by atoms with Crippen molar-refractivity contribution < 1.29 is 17.1 Å². The predicted octanol–water partition coefficient (Wildman–Crippen LogP) is 4.58. The quantitative estimate of drug-likeness (QED) is 0.219. The van der Waals surface area contributed by atoms with E-state index < -0.39 is 0 Å². The Hall–Kier alpha value is -2.63. The van der Waals surface area contributed by atoms with Gasteiger partial charge in [-0.1, -0.05) is 13.5 Å². The molecule has 3 heterocycles. The van der Waals surface area contributed by atoms with Crippen molar-refractivity contribution in [2.75, 3.05) is 17.2 Å². The Morgan fingerprint density at radius 1 is 0.800 bits per heavy atom. The summed E-state index contributed by atoms with van der Waals surface area (Å²) in [5.74, 6) is 1.57. The number of aromatic nitrogens is 3. The zero-order valence-corrected chi connectivity index (χ0v) is 22.9. The number of nitrogens with zero attached hydrogens (tertiary/aromatic N) is 5. The first kappa shape index (κ1) is 42.5. The Balaban J connectivity index is -0.000000118. The van der Waals surface area contributed by atoms with E-state index in [-0.39, 0.29) is 49.3 Å². The Kier molecular flexibility index (Phi) is 28.1. The van der Waals surface area contributed by atoms with Crippen LogP contribution in [0.5, 0.6) is 0 Å². The van der Waals surface area contributed by atoms with Crippen LogP contribution in [-0.2, 0) is 23.6 Å². The topological polar surface area (TPSA) is 190 Å². The molecule has 3 rings (SSSR count). The summed E-state index contributed by atoms with van der Waals surface area (Å²) < 4.78 is 0.997. The molecule has 196 valence electrons. The maximum atomic E-state index is 8.48. The van der Waals surface area contributed by atoms with Crippen LogP contribution in [0.2, 0.25) is 0 Å². The minimum atomic E-state index is 0. The minimum absolute atomic E-state index is 0. The average Bonchev–Trinajstić information content (AvgIpc) is 2.74. The van der Waals surface area contributed by atoms with Gasteiger partial charge in [0.1, 0.15) is 23.5 Å². The summed E-state index contributed by atoms with van der Waals surface area (Å²) in [5, 5.41) is 14.7. The molecular formula is C22H31BrCl2CuN9. The van der Waals surface area contributed by atoms with E-state index >= 15 is 0 Å². The normalized spacial score (nSPS) is 7.83. The summed E-state index contributed by atoms with van der Waals surface area (Å²) >= 11 is 3.31. The summed E-state index contributed by atoms with van der Waals surface area (Å²) in [6.07, 6.45) is 0. The van der Waals surface area contributed by atoms with E-state index in [0.717, 1.165) is 21.4 Å². The van der Waals surface area contributed by atoms with Crippen molar-refractivity contribution in [1.82, 2.24) is 15.0 Å². The van der Waals surface area contributed by atoms with Gasteiger partial charge in [-0.3, -0.25) is 0 Å². The van der Waals surface area contributed by atoms with Crippen molar-refractivity contribution >= 4 is 58.2 Å². The number of aryl methyl sites for hydroxylation is 3. The summed E-state index contributed by atoms with van der Waals surface area (Å²) in [5.41, 5.74) is 25.8. The van der Waals surface area contributed by atoms with E-state index in [1.807, 2.05) is 32.0 Å². The van der Waals surface area contributed by atoms with E-state index in [2.05, 4.69) is 30.9 Å². The molecule has 0 saturated heterocycles. The van der Waals surface area contributed by atoms with Crippen LogP contribution in [0, 0.1) is 43.9 Å². The van der Waals surface area contributed by atoms with Gasteiger partial charge in [-0.15, -0.1) is 24.8 Å². The zero-order chi connectivity index (χ0) is 24.0. The Morgan fingerprint density at radius 3 is 1.54 bits per heavy atom. The largest absolute Gasteiger partial charge is 1.00 e. The molecule has 3 aromatic rings. The van der Waals surface area contributed by atoms with E-state index in [1.54, 1.807) is 31.2 Å². The van der Waals surface area contributed by atoms with Crippen molar-refractivity contribution in [1.29, 1.82) is 10.5 Å². The summed E-state index contributed by atoms with van der Waals surface area (Å²) in [4.78, 5) is 11.9. The first-order chi connectivity index (χ1) is 14.7. The fourth-order valence-corrected chi connectivity index (χ4v) is 2.31. The third-order valence-electron chi connectivity index (χ3n) is 3.71. The molecule has 0 bridgehead atoms. The molecule has 0 radical (unpaired) electrons. The molecule has 3 aromatic heterocycles. The van der Waals surface area contributed by atoms with Crippen molar-refractivity contribution in [3.05, 3.63) is 75.7 Å². The molecule has 0 amide bonds. The molecule has 0 spiro atoms. The summed E-state index contributed by atoms with van der Waals surface area (Å²) in [7, 11) is 0. The number of nitriles is 1. The molecule has 0 atom stereocenters. The van der Waals surface area contributed by atoms with Crippen LogP contribution in [0.1, 0.15) is 35.6 Å². The fourth-order valence-electron chi connectivity index (χ4n) is 2.09. The van der Waals surface area contributed by atoms with E-state index in [0.29, 0.717) is 35.3 Å². The standard InChI is InChI=1S/C7H11N3.C7H7N3.C6H7BrN2.CN.CH4.2ClH.Cu/c2*1-5-6(4-8)2-3-7(9)10-5;1-4-5(7)2-3-6(8)9-4;1-2;;;;/h2-3H,4,8H2,1H3,(H2,9,10);2-3H,1H3,(H2,9,10);2-3H,1H3,(H2,8,9);;1H4;2*1H;/q;;;-1;;;;+1. The predicted molar refractivity (Wildman–Crippen MR) is 147 cm³/mol. The molecule has 0 saturated carbocycles. The van der Waals surface area contributed by atoms with Crippen molar-refractivity contribution in [3.8, 4) is 6.07 Å². The second-order valence-corrected chi connectivity index (χ2v) is 6.82. The number of nitrogen functional groups attached to an aromatic ring is 3. The van der Waals surface area contributed by atoms with Gasteiger partial charge >= 0.3 is 17.1 Å². The molecule has 0 aliphatic rings. The molecule has 8 N–H and O–H groups in total. The third kappa shape index (κ3) is 16.6. The number of nitrogens with two attached hydrogens (primary N) is 4. The molecule has 0 aliphatic heterocycles. The molecule has 0 unspecified atom stereocenters. The first-order valence-electron chi connectivity index (χ1n) is 8.84. The van der Waals surface area contributed by atoms with Crippen LogP contribution in [0.25, 0.3) is 0 Å². The number of hydrogen-bond donors (Lipinski definition) is 4. The van der Waals surface area contributed by atoms with Crippen molar-refractivity contribution in [3.63, 3.8) is 0 Å². The fraction of sp³-hybridized carbons (Fsp3) is 0.227. The van der Waals surface area contributed by atoms with Crippen LogP contribution in [0.3, 0.4) is 0 Å². The van der Waals surface area contributed by atoms with Gasteiger partial charge in [-0.25, -0.2) is 15.0 Å². The molecule has 0 fully saturated rings. The first-order valence-corrected chi connectivity index (χ1v) is 9.63. The second-order valence-electron chi connectivity index (χ2n) is 5.97. The number of halogens is 3. The van der Waals surface area contributed by atoms with Crippen LogP contribution < -0.4 is 22.9 Å². The van der Waals surface area contributed by atoms with Gasteiger partial charge < -0.3 is 34.8 Å². The van der Waals surface area contributed by atoms with Gasteiger partial charge in [-0.05, 0) is 72.6 Å². The monoisotopic (exact) mass is 633 g/mol. The van der Waals surface area contributed by atoms with Crippen molar-refractivity contribution in [2.24, 2.45) is 5.73 Å². The number of anilines is 3. The van der Waals surface area contributed by atoms with Crippen LogP contribution in [-0.4, -0.2) is 15.0 Å². The van der Waals surface area contributed by atoms with Crippen LogP contribution >= 0.6 is 40.7 Å². The molecule has 35 heavy (non-hydrogen) atoms. The average molecular weight is 636 g/mol. The molecule has 9 nitrogen and oxygen atoms in total. The number of rotatable bonds is 1.